The zero-order valence-electron chi connectivity index (χ0n) is 16.6. The molecule has 0 saturated heterocycles. The van der Waals surface area contributed by atoms with E-state index in [1.54, 1.807) is 36.8 Å². The zero-order chi connectivity index (χ0) is 22.9. The lowest BCUT2D eigenvalue weighted by Gasteiger charge is -2.16. The molecule has 164 valence electrons. The van der Waals surface area contributed by atoms with Gasteiger partial charge in [-0.2, -0.15) is 18.3 Å². The van der Waals surface area contributed by atoms with E-state index in [4.69, 9.17) is 17.3 Å². The molecule has 0 amide bonds. The van der Waals surface area contributed by atoms with Crippen molar-refractivity contribution in [3.05, 3.63) is 89.3 Å². The van der Waals surface area contributed by atoms with Gasteiger partial charge in [0.25, 0.3) is 0 Å². The van der Waals surface area contributed by atoms with Crippen molar-refractivity contribution in [3.63, 3.8) is 0 Å². The van der Waals surface area contributed by atoms with Gasteiger partial charge < -0.3 is 10.8 Å². The molecular formula is C23H18ClF3N4O. The van der Waals surface area contributed by atoms with E-state index in [1.165, 1.54) is 16.8 Å². The van der Waals surface area contributed by atoms with Gasteiger partial charge in [0.2, 0.25) is 0 Å². The first kappa shape index (κ1) is 21.9. The van der Waals surface area contributed by atoms with Crippen LogP contribution in [0, 0.1) is 0 Å². The van der Waals surface area contributed by atoms with E-state index in [-0.39, 0.29) is 6.61 Å². The standard InChI is InChI=1S/C23H18ClF3N4O/c24-18-7-3-15(4-8-18)21-19(9-10-29-22(21)28)16-11-30-31(12-16)20(13-32)14-1-5-17(6-2-14)23(25,26)27/h1-12,20,32H,13H2,(H2,28,29). The Kier molecular flexibility index (Phi) is 5.90. The van der Waals surface area contributed by atoms with Crippen molar-refractivity contribution >= 4 is 17.4 Å². The van der Waals surface area contributed by atoms with Crippen molar-refractivity contribution in [2.24, 2.45) is 0 Å². The average molecular weight is 459 g/mol. The van der Waals surface area contributed by atoms with Crippen molar-refractivity contribution in [1.29, 1.82) is 0 Å². The van der Waals surface area contributed by atoms with Crippen molar-refractivity contribution in [2.45, 2.75) is 12.2 Å². The summed E-state index contributed by atoms with van der Waals surface area (Å²) in [5.74, 6) is 0.332. The molecule has 0 radical (unpaired) electrons. The summed E-state index contributed by atoms with van der Waals surface area (Å²) in [6.07, 6.45) is 0.486. The molecule has 0 spiro atoms. The number of alkyl halides is 3. The zero-order valence-corrected chi connectivity index (χ0v) is 17.3. The maximum Gasteiger partial charge on any atom is 0.416 e. The third-order valence-electron chi connectivity index (χ3n) is 5.14. The van der Waals surface area contributed by atoms with Crippen LogP contribution in [0.3, 0.4) is 0 Å². The summed E-state index contributed by atoms with van der Waals surface area (Å²) in [6, 6.07) is 13.0. The van der Waals surface area contributed by atoms with Crippen LogP contribution in [0.2, 0.25) is 5.02 Å². The minimum absolute atomic E-state index is 0.332. The first-order chi connectivity index (χ1) is 15.3. The fourth-order valence-corrected chi connectivity index (χ4v) is 3.65. The maximum atomic E-state index is 12.9. The van der Waals surface area contributed by atoms with Crippen LogP contribution < -0.4 is 5.73 Å². The van der Waals surface area contributed by atoms with Crippen LogP contribution >= 0.6 is 11.6 Å². The molecule has 0 bridgehead atoms. The molecule has 0 aliphatic heterocycles. The summed E-state index contributed by atoms with van der Waals surface area (Å²) in [4.78, 5) is 4.18. The second-order valence-corrected chi connectivity index (χ2v) is 7.59. The molecule has 0 aliphatic carbocycles. The number of nitrogens with zero attached hydrogens (tertiary/aromatic N) is 3. The van der Waals surface area contributed by atoms with Gasteiger partial charge in [0, 0.05) is 28.5 Å². The van der Waals surface area contributed by atoms with E-state index < -0.39 is 17.8 Å². The highest BCUT2D eigenvalue weighted by Crippen LogP contribution is 2.36. The summed E-state index contributed by atoms with van der Waals surface area (Å²) in [6.45, 7) is -0.338. The Morgan fingerprint density at radius 1 is 1.00 bits per heavy atom. The first-order valence-electron chi connectivity index (χ1n) is 9.61. The molecule has 2 heterocycles. The van der Waals surface area contributed by atoms with Crippen LogP contribution in [0.1, 0.15) is 17.2 Å². The second-order valence-electron chi connectivity index (χ2n) is 7.15. The maximum absolute atomic E-state index is 12.9. The van der Waals surface area contributed by atoms with Gasteiger partial charge in [0.15, 0.2) is 0 Å². The lowest BCUT2D eigenvalue weighted by atomic mass is 9.97. The van der Waals surface area contributed by atoms with Crippen molar-refractivity contribution in [1.82, 2.24) is 14.8 Å². The molecule has 1 atom stereocenters. The highest BCUT2D eigenvalue weighted by atomic mass is 35.5. The second kappa shape index (κ2) is 8.64. The number of nitrogens with two attached hydrogens (primary N) is 1. The Morgan fingerprint density at radius 2 is 1.69 bits per heavy atom. The summed E-state index contributed by atoms with van der Waals surface area (Å²) in [5, 5.41) is 14.9. The molecule has 9 heteroatoms. The van der Waals surface area contributed by atoms with Gasteiger partial charge in [0.05, 0.1) is 24.4 Å². The number of rotatable bonds is 5. The Bertz CT molecular complexity index is 1220. The van der Waals surface area contributed by atoms with E-state index in [9.17, 15) is 18.3 Å². The number of hydrogen-bond acceptors (Lipinski definition) is 4. The minimum Gasteiger partial charge on any atom is -0.394 e. The number of halogens is 4. The summed E-state index contributed by atoms with van der Waals surface area (Å²) in [7, 11) is 0. The Labute approximate surface area is 186 Å². The molecule has 2 aromatic carbocycles. The largest absolute Gasteiger partial charge is 0.416 e. The van der Waals surface area contributed by atoms with Gasteiger partial charge in [-0.25, -0.2) is 4.98 Å². The smallest absolute Gasteiger partial charge is 0.394 e. The van der Waals surface area contributed by atoms with E-state index >= 15 is 0 Å². The fourth-order valence-electron chi connectivity index (χ4n) is 3.52. The van der Waals surface area contributed by atoms with Crippen molar-refractivity contribution in [3.8, 4) is 22.3 Å². The molecule has 0 fully saturated rings. The monoisotopic (exact) mass is 458 g/mol. The predicted molar refractivity (Wildman–Crippen MR) is 117 cm³/mol. The van der Waals surface area contributed by atoms with Crippen LogP contribution in [0.15, 0.2) is 73.2 Å². The van der Waals surface area contributed by atoms with E-state index in [0.29, 0.717) is 22.0 Å². The van der Waals surface area contributed by atoms with Crippen molar-refractivity contribution < 1.29 is 18.3 Å². The number of aromatic nitrogens is 3. The summed E-state index contributed by atoms with van der Waals surface area (Å²) in [5.41, 5.74) is 8.93. The lowest BCUT2D eigenvalue weighted by molar-refractivity contribution is -0.137. The third-order valence-corrected chi connectivity index (χ3v) is 5.39. The molecule has 4 aromatic rings. The molecule has 3 N–H and O–H groups in total. The Hall–Kier alpha value is -3.36. The van der Waals surface area contributed by atoms with Gasteiger partial charge in [-0.3, -0.25) is 4.68 Å². The number of aliphatic hydroxyl groups is 1. The Balaban J connectivity index is 1.71. The van der Waals surface area contributed by atoms with Gasteiger partial charge in [-0.1, -0.05) is 35.9 Å². The number of nitrogen functional groups attached to an aromatic ring is 1. The molecule has 1 unspecified atom stereocenters. The number of hydrogen-bond donors (Lipinski definition) is 2. The molecule has 0 aliphatic rings. The summed E-state index contributed by atoms with van der Waals surface area (Å²) < 4.78 is 40.1. The average Bonchev–Trinajstić information content (AvgIpc) is 3.24. The SMILES string of the molecule is Nc1nccc(-c2cnn(C(CO)c3ccc(C(F)(F)F)cc3)c2)c1-c1ccc(Cl)cc1. The number of pyridine rings is 1. The number of aliphatic hydroxyl groups excluding tert-OH is 1. The van der Waals surface area contributed by atoms with Gasteiger partial charge in [-0.05, 0) is 47.0 Å². The highest BCUT2D eigenvalue weighted by molar-refractivity contribution is 6.30. The van der Waals surface area contributed by atoms with Crippen LogP contribution in [0.4, 0.5) is 19.0 Å². The molecule has 4 rings (SSSR count). The summed E-state index contributed by atoms with van der Waals surface area (Å²) >= 11 is 6.00. The molecule has 5 nitrogen and oxygen atoms in total. The van der Waals surface area contributed by atoms with Gasteiger partial charge in [-0.15, -0.1) is 0 Å². The topological polar surface area (TPSA) is 77.0 Å². The minimum atomic E-state index is -4.43. The van der Waals surface area contributed by atoms with Crippen LogP contribution in [-0.4, -0.2) is 26.5 Å². The van der Waals surface area contributed by atoms with Crippen LogP contribution in [0.25, 0.3) is 22.3 Å². The Morgan fingerprint density at radius 3 is 2.31 bits per heavy atom. The van der Waals surface area contributed by atoms with Gasteiger partial charge >= 0.3 is 6.18 Å². The quantitative estimate of drug-likeness (QED) is 0.417. The lowest BCUT2D eigenvalue weighted by Crippen LogP contribution is -2.15. The highest BCUT2D eigenvalue weighted by Gasteiger charge is 2.30. The third kappa shape index (κ3) is 4.32. The normalized spacial score (nSPS) is 12.7. The molecule has 0 saturated carbocycles. The van der Waals surface area contributed by atoms with Gasteiger partial charge in [0.1, 0.15) is 5.82 Å². The first-order valence-corrected chi connectivity index (χ1v) is 9.98. The van der Waals surface area contributed by atoms with Crippen LogP contribution in [0.5, 0.6) is 0 Å². The number of anilines is 1. The molecule has 32 heavy (non-hydrogen) atoms. The molecule has 2 aromatic heterocycles. The van der Waals surface area contributed by atoms with Crippen molar-refractivity contribution in [2.75, 3.05) is 12.3 Å². The number of benzene rings is 2. The predicted octanol–water partition coefficient (Wildman–Crippen LogP) is 5.45. The van der Waals surface area contributed by atoms with E-state index in [2.05, 4.69) is 10.1 Å². The fraction of sp³-hybridized carbons (Fsp3) is 0.130. The molecular weight excluding hydrogens is 441 g/mol. The van der Waals surface area contributed by atoms with E-state index in [1.807, 2.05) is 12.1 Å². The van der Waals surface area contributed by atoms with Crippen LogP contribution in [-0.2, 0) is 6.18 Å². The van der Waals surface area contributed by atoms with E-state index in [0.717, 1.165) is 28.8 Å².